The van der Waals surface area contributed by atoms with Crippen LogP contribution in [0.3, 0.4) is 0 Å². The molecule has 0 saturated heterocycles. The van der Waals surface area contributed by atoms with Crippen molar-refractivity contribution >= 4 is 40.1 Å². The molecular formula is C21H13ClF2IN3O2. The first-order valence-corrected chi connectivity index (χ1v) is 9.96. The normalized spacial score (nSPS) is 10.4. The SMILES string of the molecule is COc1ccc(F)cc1C(=O)NCc1ccc(-c2ncc(I)c(Cl)c2C#N)c(F)c1. The zero-order chi connectivity index (χ0) is 21.8. The molecule has 30 heavy (non-hydrogen) atoms. The number of benzene rings is 2. The molecule has 0 atom stereocenters. The summed E-state index contributed by atoms with van der Waals surface area (Å²) >= 11 is 8.07. The second-order valence-electron chi connectivity index (χ2n) is 6.10. The minimum Gasteiger partial charge on any atom is -0.496 e. The van der Waals surface area contributed by atoms with Crippen molar-refractivity contribution in [3.8, 4) is 23.1 Å². The molecule has 3 rings (SSSR count). The lowest BCUT2D eigenvalue weighted by atomic mass is 10.0. The summed E-state index contributed by atoms with van der Waals surface area (Å²) in [6, 6.07) is 9.84. The van der Waals surface area contributed by atoms with Crippen LogP contribution in [0.1, 0.15) is 21.5 Å². The number of amides is 1. The number of nitrogens with one attached hydrogen (secondary N) is 1. The van der Waals surface area contributed by atoms with Crippen molar-refractivity contribution in [1.29, 1.82) is 5.26 Å². The molecule has 1 heterocycles. The highest BCUT2D eigenvalue weighted by Gasteiger charge is 2.18. The highest BCUT2D eigenvalue weighted by atomic mass is 127. The predicted octanol–water partition coefficient (Wildman–Crippen LogP) is 5.10. The van der Waals surface area contributed by atoms with Gasteiger partial charge in [-0.05, 0) is 58.5 Å². The summed E-state index contributed by atoms with van der Waals surface area (Å²) in [4.78, 5) is 16.5. The van der Waals surface area contributed by atoms with Gasteiger partial charge in [-0.1, -0.05) is 17.7 Å². The van der Waals surface area contributed by atoms with Crippen LogP contribution in [0.15, 0.2) is 42.6 Å². The van der Waals surface area contributed by atoms with Crippen LogP contribution in [-0.2, 0) is 6.54 Å². The summed E-state index contributed by atoms with van der Waals surface area (Å²) in [7, 11) is 1.37. The van der Waals surface area contributed by atoms with Gasteiger partial charge < -0.3 is 10.1 Å². The van der Waals surface area contributed by atoms with E-state index in [1.54, 1.807) is 6.07 Å². The van der Waals surface area contributed by atoms with E-state index in [1.807, 2.05) is 28.7 Å². The van der Waals surface area contributed by atoms with Crippen LogP contribution in [0.25, 0.3) is 11.3 Å². The lowest BCUT2D eigenvalue weighted by Gasteiger charge is -2.11. The molecule has 1 amide bonds. The molecule has 2 aromatic carbocycles. The van der Waals surface area contributed by atoms with E-state index in [-0.39, 0.29) is 39.7 Å². The van der Waals surface area contributed by atoms with E-state index in [9.17, 15) is 18.8 Å². The fourth-order valence-electron chi connectivity index (χ4n) is 2.77. The van der Waals surface area contributed by atoms with Crippen molar-refractivity contribution in [3.63, 3.8) is 0 Å². The Morgan fingerprint density at radius 1 is 1.30 bits per heavy atom. The Morgan fingerprint density at radius 2 is 2.07 bits per heavy atom. The molecule has 3 aromatic rings. The van der Waals surface area contributed by atoms with Gasteiger partial charge in [-0.25, -0.2) is 8.78 Å². The number of ether oxygens (including phenoxy) is 1. The summed E-state index contributed by atoms with van der Waals surface area (Å²) in [6.07, 6.45) is 1.46. The van der Waals surface area contributed by atoms with E-state index in [4.69, 9.17) is 16.3 Å². The molecule has 152 valence electrons. The van der Waals surface area contributed by atoms with Crippen molar-refractivity contribution in [1.82, 2.24) is 10.3 Å². The molecule has 1 N–H and O–H groups in total. The number of methoxy groups -OCH3 is 1. The third-order valence-corrected chi connectivity index (χ3v) is 5.76. The van der Waals surface area contributed by atoms with Crippen molar-refractivity contribution < 1.29 is 18.3 Å². The fourth-order valence-corrected chi connectivity index (χ4v) is 3.36. The minimum atomic E-state index is -0.619. The van der Waals surface area contributed by atoms with Crippen LogP contribution in [0.2, 0.25) is 5.02 Å². The Balaban J connectivity index is 1.82. The highest BCUT2D eigenvalue weighted by molar-refractivity contribution is 14.1. The summed E-state index contributed by atoms with van der Waals surface area (Å²) in [5.74, 6) is -1.53. The van der Waals surface area contributed by atoms with E-state index in [1.165, 1.54) is 37.6 Å². The summed E-state index contributed by atoms with van der Waals surface area (Å²) in [5.41, 5.74) is 0.843. The number of carbonyl (C=O) groups is 1. The number of carbonyl (C=O) groups excluding carboxylic acids is 1. The van der Waals surface area contributed by atoms with Gasteiger partial charge in [0.05, 0.1) is 32.5 Å². The first-order chi connectivity index (χ1) is 14.3. The number of hydrogen-bond acceptors (Lipinski definition) is 4. The Hall–Kier alpha value is -2.77. The van der Waals surface area contributed by atoms with E-state index in [0.29, 0.717) is 9.13 Å². The molecule has 0 aliphatic rings. The molecule has 0 radical (unpaired) electrons. The Bertz CT molecular complexity index is 1180. The Labute approximate surface area is 189 Å². The summed E-state index contributed by atoms with van der Waals surface area (Å²) < 4.78 is 33.8. The van der Waals surface area contributed by atoms with Crippen LogP contribution >= 0.6 is 34.2 Å². The molecule has 0 fully saturated rings. The number of nitriles is 1. The number of hydrogen-bond donors (Lipinski definition) is 1. The number of aromatic nitrogens is 1. The molecule has 0 unspecified atom stereocenters. The maximum Gasteiger partial charge on any atom is 0.255 e. The predicted molar refractivity (Wildman–Crippen MR) is 116 cm³/mol. The van der Waals surface area contributed by atoms with Gasteiger partial charge in [0.1, 0.15) is 23.5 Å². The van der Waals surface area contributed by atoms with Gasteiger partial charge in [-0.2, -0.15) is 5.26 Å². The van der Waals surface area contributed by atoms with Crippen molar-refractivity contribution in [2.45, 2.75) is 6.54 Å². The standard InChI is InChI=1S/C21H13ClF2IN3O2/c1-30-18-5-3-12(23)7-14(18)21(29)28-9-11-2-4-13(16(24)6-11)20-15(8-26)19(22)17(25)10-27-20/h2-7,10H,9H2,1H3,(H,28,29). The lowest BCUT2D eigenvalue weighted by molar-refractivity contribution is 0.0947. The molecule has 0 bridgehead atoms. The lowest BCUT2D eigenvalue weighted by Crippen LogP contribution is -2.23. The van der Waals surface area contributed by atoms with Crippen molar-refractivity contribution in [2.24, 2.45) is 0 Å². The average molecular weight is 540 g/mol. The topological polar surface area (TPSA) is 75.0 Å². The molecule has 1 aromatic heterocycles. The zero-order valence-electron chi connectivity index (χ0n) is 15.5. The molecule has 0 saturated carbocycles. The monoisotopic (exact) mass is 539 g/mol. The van der Waals surface area contributed by atoms with Crippen LogP contribution in [0, 0.1) is 26.5 Å². The molecule has 5 nitrogen and oxygen atoms in total. The van der Waals surface area contributed by atoms with Crippen LogP contribution in [0.4, 0.5) is 8.78 Å². The number of rotatable bonds is 5. The molecule has 9 heteroatoms. The molecule has 0 aliphatic heterocycles. The van der Waals surface area contributed by atoms with E-state index >= 15 is 0 Å². The van der Waals surface area contributed by atoms with Gasteiger partial charge in [-0.15, -0.1) is 0 Å². The van der Waals surface area contributed by atoms with Crippen molar-refractivity contribution in [3.05, 3.63) is 79.5 Å². The van der Waals surface area contributed by atoms with Gasteiger partial charge >= 0.3 is 0 Å². The van der Waals surface area contributed by atoms with Gasteiger partial charge in [0, 0.05) is 18.3 Å². The smallest absolute Gasteiger partial charge is 0.255 e. The van der Waals surface area contributed by atoms with Gasteiger partial charge in [0.2, 0.25) is 0 Å². The van der Waals surface area contributed by atoms with E-state index in [2.05, 4.69) is 10.3 Å². The summed E-state index contributed by atoms with van der Waals surface area (Å²) in [5, 5.41) is 12.2. The fraction of sp³-hybridized carbons (Fsp3) is 0.0952. The van der Waals surface area contributed by atoms with Gasteiger partial charge in [0.15, 0.2) is 0 Å². The maximum atomic E-state index is 14.7. The number of nitrogens with zero attached hydrogens (tertiary/aromatic N) is 2. The Kier molecular flexibility index (Phi) is 6.84. The second-order valence-corrected chi connectivity index (χ2v) is 7.64. The second kappa shape index (κ2) is 9.36. The van der Waals surface area contributed by atoms with Gasteiger partial charge in [0.25, 0.3) is 5.91 Å². The van der Waals surface area contributed by atoms with Crippen LogP contribution in [0.5, 0.6) is 5.75 Å². The van der Waals surface area contributed by atoms with Crippen molar-refractivity contribution in [2.75, 3.05) is 7.11 Å². The quantitative estimate of drug-likeness (QED) is 0.458. The maximum absolute atomic E-state index is 14.7. The number of halogens is 4. The van der Waals surface area contributed by atoms with Gasteiger partial charge in [-0.3, -0.25) is 9.78 Å². The van der Waals surface area contributed by atoms with Crippen LogP contribution in [-0.4, -0.2) is 18.0 Å². The van der Waals surface area contributed by atoms with Crippen LogP contribution < -0.4 is 10.1 Å². The summed E-state index contributed by atoms with van der Waals surface area (Å²) in [6.45, 7) is 0.00167. The Morgan fingerprint density at radius 3 is 2.73 bits per heavy atom. The zero-order valence-corrected chi connectivity index (χ0v) is 18.4. The highest BCUT2D eigenvalue weighted by Crippen LogP contribution is 2.31. The molecular weight excluding hydrogens is 527 g/mol. The first kappa shape index (κ1) is 21.9. The first-order valence-electron chi connectivity index (χ1n) is 8.50. The third-order valence-electron chi connectivity index (χ3n) is 4.23. The largest absolute Gasteiger partial charge is 0.496 e. The minimum absolute atomic E-state index is 0.00167. The molecule has 0 aliphatic carbocycles. The van der Waals surface area contributed by atoms with E-state index < -0.39 is 17.5 Å². The average Bonchev–Trinajstić information content (AvgIpc) is 2.74. The number of pyridine rings is 1. The molecule has 0 spiro atoms. The third kappa shape index (κ3) is 4.52. The van der Waals surface area contributed by atoms with E-state index in [0.717, 1.165) is 6.07 Å².